The van der Waals surface area contributed by atoms with Crippen LogP contribution in [0, 0.1) is 0 Å². The highest BCUT2D eigenvalue weighted by Crippen LogP contribution is 2.27. The van der Waals surface area contributed by atoms with Crippen molar-refractivity contribution in [3.63, 3.8) is 0 Å². The predicted molar refractivity (Wildman–Crippen MR) is 83.1 cm³/mol. The van der Waals surface area contributed by atoms with Gasteiger partial charge in [0.1, 0.15) is 4.90 Å². The highest BCUT2D eigenvalue weighted by Gasteiger charge is 2.28. The van der Waals surface area contributed by atoms with Crippen molar-refractivity contribution in [3.8, 4) is 0 Å². The van der Waals surface area contributed by atoms with Gasteiger partial charge in [0, 0.05) is 32.9 Å². The van der Waals surface area contributed by atoms with E-state index < -0.39 is 10.0 Å². The fourth-order valence-corrected chi connectivity index (χ4v) is 3.83. The highest BCUT2D eigenvalue weighted by atomic mass is 35.5. The Hall–Kier alpha value is -1.57. The van der Waals surface area contributed by atoms with Crippen molar-refractivity contribution in [2.45, 2.75) is 11.4 Å². The van der Waals surface area contributed by atoms with Crippen molar-refractivity contribution in [2.24, 2.45) is 7.05 Å². The summed E-state index contributed by atoms with van der Waals surface area (Å²) in [4.78, 5) is 0.219. The molecule has 1 aliphatic heterocycles. The van der Waals surface area contributed by atoms with Gasteiger partial charge in [-0.3, -0.25) is 8.99 Å². The van der Waals surface area contributed by atoms with Crippen molar-refractivity contribution in [3.05, 3.63) is 42.2 Å². The van der Waals surface area contributed by atoms with E-state index in [1.807, 2.05) is 24.3 Å². The van der Waals surface area contributed by atoms with Crippen LogP contribution >= 0.6 is 12.4 Å². The number of nitrogens with zero attached hydrogens (tertiary/aromatic N) is 3. The Labute approximate surface area is 130 Å². The lowest BCUT2D eigenvalue weighted by Gasteiger charge is -2.23. The Kier molecular flexibility index (Phi) is 4.55. The number of nitrogens with one attached hydrogen (secondary N) is 1. The second-order valence-corrected chi connectivity index (χ2v) is 6.59. The summed E-state index contributed by atoms with van der Waals surface area (Å²) >= 11 is 0. The van der Waals surface area contributed by atoms with Gasteiger partial charge in [-0.2, -0.15) is 5.10 Å². The Morgan fingerprint density at radius 2 is 2.05 bits per heavy atom. The van der Waals surface area contributed by atoms with Crippen LogP contribution in [-0.2, 0) is 23.6 Å². The van der Waals surface area contributed by atoms with Crippen LogP contribution < -0.4 is 9.62 Å². The fourth-order valence-electron chi connectivity index (χ4n) is 2.34. The maximum absolute atomic E-state index is 12.8. The molecule has 0 fully saturated rings. The summed E-state index contributed by atoms with van der Waals surface area (Å²) in [5.41, 5.74) is 1.72. The molecule has 2 heterocycles. The molecule has 114 valence electrons. The average molecular weight is 329 g/mol. The largest absolute Gasteiger partial charge is 0.311 e. The van der Waals surface area contributed by atoms with E-state index in [4.69, 9.17) is 0 Å². The minimum Gasteiger partial charge on any atom is -0.311 e. The monoisotopic (exact) mass is 328 g/mol. The van der Waals surface area contributed by atoms with Gasteiger partial charge < -0.3 is 5.32 Å². The lowest BCUT2D eigenvalue weighted by molar-refractivity contribution is 0.589. The Morgan fingerprint density at radius 1 is 1.29 bits per heavy atom. The lowest BCUT2D eigenvalue weighted by atomic mass is 10.2. The zero-order valence-electron chi connectivity index (χ0n) is 11.6. The van der Waals surface area contributed by atoms with Crippen molar-refractivity contribution in [1.29, 1.82) is 0 Å². The zero-order chi connectivity index (χ0) is 14.2. The average Bonchev–Trinajstić information content (AvgIpc) is 2.75. The fraction of sp³-hybridized carbons (Fsp3) is 0.308. The van der Waals surface area contributed by atoms with Crippen LogP contribution in [0.4, 0.5) is 5.69 Å². The van der Waals surface area contributed by atoms with E-state index in [1.165, 1.54) is 21.4 Å². The first-order valence-electron chi connectivity index (χ1n) is 6.39. The topological polar surface area (TPSA) is 67.2 Å². The summed E-state index contributed by atoms with van der Waals surface area (Å²) in [5, 5.41) is 7.19. The minimum absolute atomic E-state index is 0. The Bertz CT molecular complexity index is 729. The number of aromatic nitrogens is 2. The molecule has 0 unspecified atom stereocenters. The number of anilines is 1. The van der Waals surface area contributed by atoms with Gasteiger partial charge in [-0.25, -0.2) is 8.42 Å². The van der Waals surface area contributed by atoms with E-state index in [0.717, 1.165) is 11.3 Å². The number of benzene rings is 1. The van der Waals surface area contributed by atoms with Crippen LogP contribution in [-0.4, -0.2) is 31.3 Å². The molecule has 2 aromatic rings. The first-order chi connectivity index (χ1) is 9.59. The Morgan fingerprint density at radius 3 is 2.76 bits per heavy atom. The number of rotatable bonds is 2. The molecule has 0 saturated carbocycles. The third-order valence-electron chi connectivity index (χ3n) is 3.34. The number of para-hydroxylation sites is 1. The molecule has 0 aliphatic carbocycles. The maximum atomic E-state index is 12.8. The smallest absolute Gasteiger partial charge is 0.267 e. The van der Waals surface area contributed by atoms with Gasteiger partial charge in [-0.1, -0.05) is 18.2 Å². The van der Waals surface area contributed by atoms with Crippen molar-refractivity contribution >= 4 is 28.1 Å². The van der Waals surface area contributed by atoms with Crippen LogP contribution in [0.1, 0.15) is 5.56 Å². The van der Waals surface area contributed by atoms with E-state index in [9.17, 15) is 8.42 Å². The SMILES string of the molecule is Cl.Cn1cc(S(=O)(=O)N2CCNCc3ccccc32)cn1. The van der Waals surface area contributed by atoms with Gasteiger partial charge in [0.15, 0.2) is 0 Å². The zero-order valence-corrected chi connectivity index (χ0v) is 13.2. The van der Waals surface area contributed by atoms with Gasteiger partial charge in [0.25, 0.3) is 10.0 Å². The first-order valence-corrected chi connectivity index (χ1v) is 7.83. The summed E-state index contributed by atoms with van der Waals surface area (Å²) in [7, 11) is -1.86. The van der Waals surface area contributed by atoms with E-state index in [1.54, 1.807) is 7.05 Å². The minimum atomic E-state index is -3.57. The van der Waals surface area contributed by atoms with Crippen LogP contribution in [0.2, 0.25) is 0 Å². The van der Waals surface area contributed by atoms with Gasteiger partial charge in [0.05, 0.1) is 11.9 Å². The number of fused-ring (bicyclic) bond motifs is 1. The second-order valence-electron chi connectivity index (χ2n) is 4.73. The van der Waals surface area contributed by atoms with Crippen molar-refractivity contribution in [2.75, 3.05) is 17.4 Å². The van der Waals surface area contributed by atoms with E-state index in [-0.39, 0.29) is 17.3 Å². The molecule has 1 aromatic carbocycles. The van der Waals surface area contributed by atoms with Crippen LogP contribution in [0.25, 0.3) is 0 Å². The molecular weight excluding hydrogens is 312 g/mol. The standard InChI is InChI=1S/C13H16N4O2S.ClH/c1-16-10-12(9-15-16)20(18,19)17-7-6-14-8-11-4-2-3-5-13(11)17;/h2-5,9-10,14H,6-8H2,1H3;1H. The third-order valence-corrected chi connectivity index (χ3v) is 5.10. The number of hydrogen-bond acceptors (Lipinski definition) is 4. The molecule has 0 amide bonds. The molecule has 3 rings (SSSR count). The molecule has 0 radical (unpaired) electrons. The number of sulfonamides is 1. The van der Waals surface area contributed by atoms with E-state index >= 15 is 0 Å². The molecule has 0 saturated heterocycles. The second kappa shape index (κ2) is 6.05. The Balaban J connectivity index is 0.00000161. The summed E-state index contributed by atoms with van der Waals surface area (Å²) in [5.74, 6) is 0. The molecule has 1 N–H and O–H groups in total. The molecule has 8 heteroatoms. The van der Waals surface area contributed by atoms with E-state index in [0.29, 0.717) is 19.6 Å². The summed E-state index contributed by atoms with van der Waals surface area (Å²) in [6.07, 6.45) is 2.91. The number of halogens is 1. The van der Waals surface area contributed by atoms with Gasteiger partial charge in [0.2, 0.25) is 0 Å². The highest BCUT2D eigenvalue weighted by molar-refractivity contribution is 7.92. The lowest BCUT2D eigenvalue weighted by Crippen LogP contribution is -2.34. The number of hydrogen-bond donors (Lipinski definition) is 1. The summed E-state index contributed by atoms with van der Waals surface area (Å²) < 4.78 is 28.5. The van der Waals surface area contributed by atoms with Gasteiger partial charge >= 0.3 is 0 Å². The summed E-state index contributed by atoms with van der Waals surface area (Å²) in [6.45, 7) is 1.71. The van der Waals surface area contributed by atoms with Gasteiger partial charge in [-0.05, 0) is 11.6 Å². The molecule has 1 aliphatic rings. The van der Waals surface area contributed by atoms with Crippen LogP contribution in [0.5, 0.6) is 0 Å². The molecule has 1 aromatic heterocycles. The molecule has 0 atom stereocenters. The third kappa shape index (κ3) is 2.90. The molecular formula is C13H17ClN4O2S. The molecule has 0 bridgehead atoms. The van der Waals surface area contributed by atoms with Crippen LogP contribution in [0.3, 0.4) is 0 Å². The van der Waals surface area contributed by atoms with Gasteiger partial charge in [-0.15, -0.1) is 12.4 Å². The molecule has 6 nitrogen and oxygen atoms in total. The van der Waals surface area contributed by atoms with E-state index in [2.05, 4.69) is 10.4 Å². The van der Waals surface area contributed by atoms with Crippen molar-refractivity contribution < 1.29 is 8.42 Å². The quantitative estimate of drug-likeness (QED) is 0.897. The summed E-state index contributed by atoms with van der Waals surface area (Å²) in [6, 6.07) is 7.56. The maximum Gasteiger partial charge on any atom is 0.267 e. The molecule has 21 heavy (non-hydrogen) atoms. The van der Waals surface area contributed by atoms with Crippen LogP contribution in [0.15, 0.2) is 41.6 Å². The predicted octanol–water partition coefficient (Wildman–Crippen LogP) is 1.14. The van der Waals surface area contributed by atoms with Crippen molar-refractivity contribution in [1.82, 2.24) is 15.1 Å². The number of aryl methyl sites for hydroxylation is 1. The molecule has 0 spiro atoms. The first kappa shape index (κ1) is 15.8. The normalized spacial score (nSPS) is 15.0.